The van der Waals surface area contributed by atoms with Crippen molar-refractivity contribution in [2.45, 2.75) is 38.6 Å². The minimum absolute atomic E-state index is 0.00737. The zero-order valence-corrected chi connectivity index (χ0v) is 19.1. The van der Waals surface area contributed by atoms with E-state index in [2.05, 4.69) is 59.4 Å². The van der Waals surface area contributed by atoms with Crippen LogP contribution in [0.2, 0.25) is 0 Å². The van der Waals surface area contributed by atoms with Gasteiger partial charge in [-0.25, -0.2) is 0 Å². The monoisotopic (exact) mass is 419 g/mol. The molecule has 2 aromatic rings. The van der Waals surface area contributed by atoms with Crippen molar-refractivity contribution in [3.63, 3.8) is 0 Å². The quantitative estimate of drug-likeness (QED) is 0.701. The summed E-state index contributed by atoms with van der Waals surface area (Å²) in [5.74, 6) is 0. The van der Waals surface area contributed by atoms with Crippen LogP contribution in [-0.2, 0) is 0 Å². The van der Waals surface area contributed by atoms with Crippen LogP contribution in [0.4, 0.5) is 22.7 Å². The molecule has 2 saturated heterocycles. The van der Waals surface area contributed by atoms with Crippen molar-refractivity contribution in [3.8, 4) is 0 Å². The number of piperazine rings is 1. The lowest BCUT2D eigenvalue weighted by Gasteiger charge is -2.42. The maximum Gasteiger partial charge on any atom is 0.0602 e. The summed E-state index contributed by atoms with van der Waals surface area (Å²) in [7, 11) is 0. The van der Waals surface area contributed by atoms with Gasteiger partial charge in [0, 0.05) is 43.1 Å². The fourth-order valence-electron chi connectivity index (χ4n) is 4.94. The SMILES string of the molecule is C=C(c1ccc(N2CCN(c3ccc(N)cc3N)CC2)cc1)C(C)(C)N1CCCCC1. The Morgan fingerprint density at radius 2 is 1.42 bits per heavy atom. The number of anilines is 4. The van der Waals surface area contributed by atoms with E-state index in [0.717, 1.165) is 37.6 Å². The highest BCUT2D eigenvalue weighted by Crippen LogP contribution is 2.34. The van der Waals surface area contributed by atoms with Crippen LogP contribution in [0.5, 0.6) is 0 Å². The third-order valence-corrected chi connectivity index (χ3v) is 7.14. The van der Waals surface area contributed by atoms with Gasteiger partial charge < -0.3 is 21.3 Å². The number of hydrogen-bond acceptors (Lipinski definition) is 5. The molecule has 2 aromatic carbocycles. The van der Waals surface area contributed by atoms with E-state index in [1.165, 1.54) is 49.2 Å². The van der Waals surface area contributed by atoms with E-state index < -0.39 is 0 Å². The molecule has 0 amide bonds. The van der Waals surface area contributed by atoms with E-state index in [1.807, 2.05) is 18.2 Å². The van der Waals surface area contributed by atoms with Gasteiger partial charge >= 0.3 is 0 Å². The van der Waals surface area contributed by atoms with E-state index >= 15 is 0 Å². The lowest BCUT2D eigenvalue weighted by atomic mass is 9.86. The highest BCUT2D eigenvalue weighted by atomic mass is 15.3. The van der Waals surface area contributed by atoms with E-state index in [1.54, 1.807) is 0 Å². The molecule has 2 aliphatic rings. The second-order valence-electron chi connectivity index (χ2n) is 9.42. The first kappa shape index (κ1) is 21.6. The maximum absolute atomic E-state index is 6.18. The molecule has 2 aliphatic heterocycles. The average molecular weight is 420 g/mol. The molecule has 2 heterocycles. The predicted molar refractivity (Wildman–Crippen MR) is 135 cm³/mol. The van der Waals surface area contributed by atoms with Crippen molar-refractivity contribution in [1.29, 1.82) is 0 Å². The molecule has 0 saturated carbocycles. The fraction of sp³-hybridized carbons (Fsp3) is 0.462. The van der Waals surface area contributed by atoms with Gasteiger partial charge in [-0.3, -0.25) is 4.90 Å². The van der Waals surface area contributed by atoms with Crippen LogP contribution in [0.1, 0.15) is 38.7 Å². The first-order valence-electron chi connectivity index (χ1n) is 11.6. The summed E-state index contributed by atoms with van der Waals surface area (Å²) in [6, 6.07) is 14.8. The Morgan fingerprint density at radius 1 is 0.806 bits per heavy atom. The lowest BCUT2D eigenvalue weighted by molar-refractivity contribution is 0.140. The van der Waals surface area contributed by atoms with Crippen molar-refractivity contribution in [1.82, 2.24) is 4.90 Å². The van der Waals surface area contributed by atoms with Crippen molar-refractivity contribution < 1.29 is 0 Å². The normalized spacial score (nSPS) is 18.3. The van der Waals surface area contributed by atoms with Crippen LogP contribution < -0.4 is 21.3 Å². The van der Waals surface area contributed by atoms with Crippen molar-refractivity contribution in [2.24, 2.45) is 0 Å². The van der Waals surface area contributed by atoms with Gasteiger partial charge in [-0.2, -0.15) is 0 Å². The molecule has 0 aromatic heterocycles. The number of benzene rings is 2. The standard InChI is InChI=1S/C26H37N5/c1-20(26(2,3)31-13-5-4-6-14-31)21-7-10-23(11-8-21)29-15-17-30(18-16-29)25-12-9-22(27)19-24(25)28/h7-12,19H,1,4-6,13-18,27-28H2,2-3H3. The second kappa shape index (κ2) is 8.83. The number of hydrogen-bond donors (Lipinski definition) is 2. The van der Waals surface area contributed by atoms with Crippen LogP contribution in [0, 0.1) is 0 Å². The Bertz CT molecular complexity index is 904. The number of piperidine rings is 1. The molecule has 0 aliphatic carbocycles. The summed E-state index contributed by atoms with van der Waals surface area (Å²) in [5, 5.41) is 0. The van der Waals surface area contributed by atoms with Gasteiger partial charge in [0.1, 0.15) is 0 Å². The molecule has 5 nitrogen and oxygen atoms in total. The smallest absolute Gasteiger partial charge is 0.0602 e. The third-order valence-electron chi connectivity index (χ3n) is 7.14. The summed E-state index contributed by atoms with van der Waals surface area (Å²) in [4.78, 5) is 7.39. The van der Waals surface area contributed by atoms with Gasteiger partial charge in [-0.05, 0) is 81.2 Å². The Hall–Kier alpha value is -2.66. The summed E-state index contributed by atoms with van der Waals surface area (Å²) < 4.78 is 0. The highest BCUT2D eigenvalue weighted by Gasteiger charge is 2.31. The Morgan fingerprint density at radius 3 is 2.03 bits per heavy atom. The third kappa shape index (κ3) is 4.52. The molecular weight excluding hydrogens is 382 g/mol. The molecule has 0 atom stereocenters. The van der Waals surface area contributed by atoms with Gasteiger partial charge in [-0.1, -0.05) is 25.1 Å². The molecular formula is C26H37N5. The minimum Gasteiger partial charge on any atom is -0.399 e. The topological polar surface area (TPSA) is 61.8 Å². The van der Waals surface area contributed by atoms with Crippen LogP contribution in [0.3, 0.4) is 0 Å². The zero-order chi connectivity index (χ0) is 22.0. The second-order valence-corrected chi connectivity index (χ2v) is 9.42. The molecule has 4 N–H and O–H groups in total. The maximum atomic E-state index is 6.18. The molecule has 4 rings (SSSR count). The predicted octanol–water partition coefficient (Wildman–Crippen LogP) is 4.46. The largest absolute Gasteiger partial charge is 0.399 e. The zero-order valence-electron chi connectivity index (χ0n) is 19.1. The number of rotatable bonds is 5. The van der Waals surface area contributed by atoms with Gasteiger partial charge in [0.05, 0.1) is 11.4 Å². The molecule has 2 fully saturated rings. The summed E-state index contributed by atoms with van der Waals surface area (Å²) >= 11 is 0. The average Bonchev–Trinajstić information content (AvgIpc) is 2.79. The minimum atomic E-state index is -0.00737. The summed E-state index contributed by atoms with van der Waals surface area (Å²) in [5.41, 5.74) is 18.3. The molecule has 166 valence electrons. The number of nitrogen functional groups attached to an aromatic ring is 2. The van der Waals surface area contributed by atoms with Crippen molar-refractivity contribution in [2.75, 3.05) is 60.5 Å². The van der Waals surface area contributed by atoms with Gasteiger partial charge in [-0.15, -0.1) is 0 Å². The van der Waals surface area contributed by atoms with Gasteiger partial charge in [0.15, 0.2) is 0 Å². The van der Waals surface area contributed by atoms with Crippen LogP contribution in [0.15, 0.2) is 49.0 Å². The molecule has 5 heteroatoms. The van der Waals surface area contributed by atoms with E-state index in [9.17, 15) is 0 Å². The number of nitrogens with zero attached hydrogens (tertiary/aromatic N) is 3. The first-order valence-corrected chi connectivity index (χ1v) is 11.6. The van der Waals surface area contributed by atoms with Gasteiger partial charge in [0.25, 0.3) is 0 Å². The van der Waals surface area contributed by atoms with Gasteiger partial charge in [0.2, 0.25) is 0 Å². The summed E-state index contributed by atoms with van der Waals surface area (Å²) in [6.45, 7) is 15.3. The van der Waals surface area contributed by atoms with E-state index in [0.29, 0.717) is 5.69 Å². The molecule has 31 heavy (non-hydrogen) atoms. The Kier molecular flexibility index (Phi) is 6.15. The van der Waals surface area contributed by atoms with E-state index in [4.69, 9.17) is 11.5 Å². The van der Waals surface area contributed by atoms with Crippen LogP contribution in [0.25, 0.3) is 5.57 Å². The van der Waals surface area contributed by atoms with E-state index in [-0.39, 0.29) is 5.54 Å². The molecule has 0 spiro atoms. The fourth-order valence-corrected chi connectivity index (χ4v) is 4.94. The van der Waals surface area contributed by atoms with Crippen molar-refractivity contribution >= 4 is 28.3 Å². The van der Waals surface area contributed by atoms with Crippen molar-refractivity contribution in [3.05, 3.63) is 54.6 Å². The summed E-state index contributed by atoms with van der Waals surface area (Å²) in [6.07, 6.45) is 3.94. The first-order chi connectivity index (χ1) is 14.9. The Labute approximate surface area is 187 Å². The van der Waals surface area contributed by atoms with Crippen LogP contribution >= 0.6 is 0 Å². The Balaban J connectivity index is 1.39. The number of nitrogens with two attached hydrogens (primary N) is 2. The molecule has 0 bridgehead atoms. The molecule has 0 radical (unpaired) electrons. The lowest BCUT2D eigenvalue weighted by Crippen LogP contribution is -2.47. The number of likely N-dealkylation sites (tertiary alicyclic amines) is 1. The van der Waals surface area contributed by atoms with Crippen LogP contribution in [-0.4, -0.2) is 49.7 Å². The highest BCUT2D eigenvalue weighted by molar-refractivity contribution is 5.73. The molecule has 0 unspecified atom stereocenters.